The summed E-state index contributed by atoms with van der Waals surface area (Å²) < 4.78 is 0. The first kappa shape index (κ1) is 12.9. The van der Waals surface area contributed by atoms with E-state index in [0.717, 1.165) is 32.4 Å². The predicted octanol–water partition coefficient (Wildman–Crippen LogP) is 2.31. The number of carboxylic acid groups (broad SMARTS) is 1. The summed E-state index contributed by atoms with van der Waals surface area (Å²) in [6.07, 6.45) is 2.29. The van der Waals surface area contributed by atoms with Gasteiger partial charge in [-0.05, 0) is 24.8 Å². The van der Waals surface area contributed by atoms with Gasteiger partial charge in [0.1, 0.15) is 0 Å². The van der Waals surface area contributed by atoms with Crippen LogP contribution in [0.1, 0.15) is 24.8 Å². The van der Waals surface area contributed by atoms with E-state index >= 15 is 0 Å². The molecule has 98 valence electrons. The molecule has 0 aromatic heterocycles. The van der Waals surface area contributed by atoms with Gasteiger partial charge in [-0.2, -0.15) is 0 Å². The van der Waals surface area contributed by atoms with Crippen molar-refractivity contribution >= 4 is 6.09 Å². The third kappa shape index (κ3) is 3.47. The molecule has 1 fully saturated rings. The Labute approximate surface area is 108 Å². The van der Waals surface area contributed by atoms with Crippen LogP contribution in [0.25, 0.3) is 0 Å². The van der Waals surface area contributed by atoms with Crippen molar-refractivity contribution in [1.82, 2.24) is 10.2 Å². The number of piperidine rings is 1. The van der Waals surface area contributed by atoms with Gasteiger partial charge in [-0.1, -0.05) is 30.3 Å². The summed E-state index contributed by atoms with van der Waals surface area (Å²) in [5.41, 5.74) is 1.23. The fourth-order valence-corrected chi connectivity index (χ4v) is 2.44. The molecular weight excluding hydrogens is 228 g/mol. The van der Waals surface area contributed by atoms with Gasteiger partial charge >= 0.3 is 6.09 Å². The average molecular weight is 248 g/mol. The van der Waals surface area contributed by atoms with Crippen molar-refractivity contribution in [2.24, 2.45) is 0 Å². The van der Waals surface area contributed by atoms with Gasteiger partial charge < -0.3 is 15.3 Å². The Kier molecular flexibility index (Phi) is 4.59. The van der Waals surface area contributed by atoms with Crippen molar-refractivity contribution < 1.29 is 9.90 Å². The standard InChI is InChI=1S/C14H20N2O2/c17-14(18)16-9-5-4-8-13(16)11-15-10-12-6-2-1-3-7-12/h1-3,6-7,13,15H,4-5,8-11H2,(H,17,18). The van der Waals surface area contributed by atoms with Gasteiger partial charge in [-0.25, -0.2) is 4.79 Å². The molecule has 2 rings (SSSR count). The van der Waals surface area contributed by atoms with E-state index in [-0.39, 0.29) is 6.04 Å². The molecule has 0 saturated carbocycles. The lowest BCUT2D eigenvalue weighted by atomic mass is 10.0. The molecule has 1 aromatic carbocycles. The first-order valence-electron chi connectivity index (χ1n) is 6.51. The Morgan fingerprint density at radius 1 is 1.33 bits per heavy atom. The Hall–Kier alpha value is -1.55. The third-order valence-corrected chi connectivity index (χ3v) is 3.42. The highest BCUT2D eigenvalue weighted by atomic mass is 16.4. The van der Waals surface area contributed by atoms with Crippen LogP contribution in [0.5, 0.6) is 0 Å². The van der Waals surface area contributed by atoms with Gasteiger partial charge in [-0.3, -0.25) is 0 Å². The topological polar surface area (TPSA) is 52.6 Å². The molecule has 1 aromatic rings. The molecule has 2 N–H and O–H groups in total. The lowest BCUT2D eigenvalue weighted by Gasteiger charge is -2.33. The van der Waals surface area contributed by atoms with E-state index in [0.29, 0.717) is 6.54 Å². The number of hydrogen-bond donors (Lipinski definition) is 2. The van der Waals surface area contributed by atoms with Crippen molar-refractivity contribution in [2.45, 2.75) is 31.8 Å². The zero-order valence-electron chi connectivity index (χ0n) is 10.5. The number of benzene rings is 1. The molecule has 1 amide bonds. The van der Waals surface area contributed by atoms with Gasteiger partial charge in [-0.15, -0.1) is 0 Å². The van der Waals surface area contributed by atoms with E-state index in [2.05, 4.69) is 17.4 Å². The summed E-state index contributed by atoms with van der Waals surface area (Å²) in [7, 11) is 0. The minimum atomic E-state index is -0.791. The first-order valence-corrected chi connectivity index (χ1v) is 6.51. The SMILES string of the molecule is O=C(O)N1CCCCC1CNCc1ccccc1. The lowest BCUT2D eigenvalue weighted by Crippen LogP contribution is -2.47. The molecule has 1 atom stereocenters. The lowest BCUT2D eigenvalue weighted by molar-refractivity contribution is 0.106. The van der Waals surface area contributed by atoms with Crippen LogP contribution in [0, 0.1) is 0 Å². The van der Waals surface area contributed by atoms with E-state index in [4.69, 9.17) is 5.11 Å². The zero-order valence-corrected chi connectivity index (χ0v) is 10.5. The quantitative estimate of drug-likeness (QED) is 0.859. The maximum absolute atomic E-state index is 11.1. The van der Waals surface area contributed by atoms with Crippen molar-refractivity contribution in [3.05, 3.63) is 35.9 Å². The van der Waals surface area contributed by atoms with Crippen LogP contribution in [0.4, 0.5) is 4.79 Å². The van der Waals surface area contributed by atoms with Crippen LogP contribution in [0.2, 0.25) is 0 Å². The Morgan fingerprint density at radius 2 is 2.11 bits per heavy atom. The fraction of sp³-hybridized carbons (Fsp3) is 0.500. The minimum absolute atomic E-state index is 0.125. The van der Waals surface area contributed by atoms with Crippen LogP contribution in [0.3, 0.4) is 0 Å². The monoisotopic (exact) mass is 248 g/mol. The summed E-state index contributed by atoms with van der Waals surface area (Å²) in [6, 6.07) is 10.3. The smallest absolute Gasteiger partial charge is 0.407 e. The Balaban J connectivity index is 1.79. The highest BCUT2D eigenvalue weighted by Gasteiger charge is 2.25. The highest BCUT2D eigenvalue weighted by molar-refractivity contribution is 5.65. The molecule has 18 heavy (non-hydrogen) atoms. The molecule has 0 radical (unpaired) electrons. The van der Waals surface area contributed by atoms with Gasteiger partial charge in [0, 0.05) is 25.7 Å². The number of nitrogens with one attached hydrogen (secondary N) is 1. The number of rotatable bonds is 4. The molecule has 1 saturated heterocycles. The molecule has 0 bridgehead atoms. The molecule has 1 unspecified atom stereocenters. The van der Waals surface area contributed by atoms with Crippen molar-refractivity contribution in [3.63, 3.8) is 0 Å². The first-order chi connectivity index (χ1) is 8.77. The van der Waals surface area contributed by atoms with E-state index in [9.17, 15) is 4.79 Å². The summed E-state index contributed by atoms with van der Waals surface area (Å²) in [5.74, 6) is 0. The van der Waals surface area contributed by atoms with E-state index in [1.54, 1.807) is 4.90 Å². The van der Waals surface area contributed by atoms with Crippen molar-refractivity contribution in [1.29, 1.82) is 0 Å². The van der Waals surface area contributed by atoms with Crippen LogP contribution < -0.4 is 5.32 Å². The zero-order chi connectivity index (χ0) is 12.8. The molecule has 1 aliphatic heterocycles. The maximum atomic E-state index is 11.1. The fourth-order valence-electron chi connectivity index (χ4n) is 2.44. The largest absolute Gasteiger partial charge is 0.465 e. The van der Waals surface area contributed by atoms with Crippen LogP contribution >= 0.6 is 0 Å². The summed E-state index contributed by atoms with van der Waals surface area (Å²) in [5, 5.41) is 12.5. The maximum Gasteiger partial charge on any atom is 0.407 e. The molecule has 0 aliphatic carbocycles. The van der Waals surface area contributed by atoms with Gasteiger partial charge in [0.25, 0.3) is 0 Å². The summed E-state index contributed by atoms with van der Waals surface area (Å²) in [4.78, 5) is 12.7. The molecule has 1 aliphatic rings. The van der Waals surface area contributed by atoms with Gasteiger partial charge in [0.05, 0.1) is 0 Å². The molecular formula is C14H20N2O2. The predicted molar refractivity (Wildman–Crippen MR) is 70.5 cm³/mol. The molecule has 4 nitrogen and oxygen atoms in total. The molecule has 0 spiro atoms. The molecule has 4 heteroatoms. The second kappa shape index (κ2) is 6.40. The number of amides is 1. The second-order valence-corrected chi connectivity index (χ2v) is 4.74. The van der Waals surface area contributed by atoms with Gasteiger partial charge in [0.2, 0.25) is 0 Å². The molecule has 1 heterocycles. The number of likely N-dealkylation sites (tertiary alicyclic amines) is 1. The highest BCUT2D eigenvalue weighted by Crippen LogP contribution is 2.16. The average Bonchev–Trinajstić information content (AvgIpc) is 2.40. The van der Waals surface area contributed by atoms with E-state index < -0.39 is 6.09 Å². The number of hydrogen-bond acceptors (Lipinski definition) is 2. The normalized spacial score (nSPS) is 19.8. The van der Waals surface area contributed by atoms with E-state index in [1.807, 2.05) is 18.2 Å². The third-order valence-electron chi connectivity index (χ3n) is 3.42. The Bertz CT molecular complexity index is 381. The van der Waals surface area contributed by atoms with Crippen LogP contribution in [-0.4, -0.2) is 35.2 Å². The van der Waals surface area contributed by atoms with Crippen LogP contribution in [-0.2, 0) is 6.54 Å². The minimum Gasteiger partial charge on any atom is -0.465 e. The van der Waals surface area contributed by atoms with Crippen molar-refractivity contribution in [3.8, 4) is 0 Å². The van der Waals surface area contributed by atoms with Gasteiger partial charge in [0.15, 0.2) is 0 Å². The summed E-state index contributed by atoms with van der Waals surface area (Å²) >= 11 is 0. The summed E-state index contributed by atoms with van der Waals surface area (Å²) in [6.45, 7) is 2.21. The van der Waals surface area contributed by atoms with Crippen molar-refractivity contribution in [2.75, 3.05) is 13.1 Å². The second-order valence-electron chi connectivity index (χ2n) is 4.74. The van der Waals surface area contributed by atoms with Crippen LogP contribution in [0.15, 0.2) is 30.3 Å². The Morgan fingerprint density at radius 3 is 2.83 bits per heavy atom. The number of carbonyl (C=O) groups is 1. The van der Waals surface area contributed by atoms with E-state index in [1.165, 1.54) is 5.56 Å². The number of nitrogens with zero attached hydrogens (tertiary/aromatic N) is 1.